The summed E-state index contributed by atoms with van der Waals surface area (Å²) in [6.07, 6.45) is 3.53. The molecular formula is C19H16O3. The van der Waals surface area contributed by atoms with Gasteiger partial charge in [0.15, 0.2) is 5.78 Å². The first kappa shape index (κ1) is 14.3. The van der Waals surface area contributed by atoms with Gasteiger partial charge in [-0.3, -0.25) is 4.79 Å². The van der Waals surface area contributed by atoms with Crippen LogP contribution in [-0.2, 0) is 11.2 Å². The maximum atomic E-state index is 12.5. The monoisotopic (exact) mass is 292 g/mol. The van der Waals surface area contributed by atoms with Gasteiger partial charge in [-0.15, -0.1) is 0 Å². The third-order valence-corrected chi connectivity index (χ3v) is 3.89. The SMILES string of the molecule is COC(=O)c1ccc(/C=C2\CCc3ccccc3C2=O)cc1. The Hall–Kier alpha value is -2.68. The molecule has 3 nitrogen and oxygen atoms in total. The average Bonchev–Trinajstić information content (AvgIpc) is 2.57. The Morgan fingerprint density at radius 1 is 1.05 bits per heavy atom. The molecule has 0 saturated carbocycles. The molecule has 3 heteroatoms. The maximum Gasteiger partial charge on any atom is 0.337 e. The first-order chi connectivity index (χ1) is 10.7. The van der Waals surface area contributed by atoms with Gasteiger partial charge in [0.2, 0.25) is 0 Å². The number of carbonyl (C=O) groups is 2. The summed E-state index contributed by atoms with van der Waals surface area (Å²) in [4.78, 5) is 23.9. The number of ketones is 1. The summed E-state index contributed by atoms with van der Waals surface area (Å²) in [5.74, 6) is -0.263. The Bertz CT molecular complexity index is 755. The van der Waals surface area contributed by atoms with Gasteiger partial charge in [0.25, 0.3) is 0 Å². The van der Waals surface area contributed by atoms with Crippen LogP contribution in [0.1, 0.15) is 38.3 Å². The largest absolute Gasteiger partial charge is 0.465 e. The Morgan fingerprint density at radius 2 is 1.77 bits per heavy atom. The van der Waals surface area contributed by atoms with Gasteiger partial charge in [-0.1, -0.05) is 36.4 Å². The zero-order chi connectivity index (χ0) is 15.5. The number of benzene rings is 2. The van der Waals surface area contributed by atoms with Gasteiger partial charge < -0.3 is 4.74 Å². The summed E-state index contributed by atoms with van der Waals surface area (Å²) >= 11 is 0. The number of allylic oxidation sites excluding steroid dienone is 1. The van der Waals surface area contributed by atoms with E-state index in [4.69, 9.17) is 0 Å². The molecule has 110 valence electrons. The van der Waals surface area contributed by atoms with E-state index < -0.39 is 0 Å². The average molecular weight is 292 g/mol. The van der Waals surface area contributed by atoms with E-state index >= 15 is 0 Å². The highest BCUT2D eigenvalue weighted by molar-refractivity contribution is 6.13. The minimum atomic E-state index is -0.359. The molecule has 0 N–H and O–H groups in total. The molecule has 0 amide bonds. The predicted molar refractivity (Wildman–Crippen MR) is 84.9 cm³/mol. The molecule has 1 aliphatic rings. The van der Waals surface area contributed by atoms with Crippen LogP contribution in [0.15, 0.2) is 54.1 Å². The van der Waals surface area contributed by atoms with E-state index in [1.807, 2.05) is 42.5 Å². The molecule has 0 unspecified atom stereocenters. The molecule has 0 spiro atoms. The van der Waals surface area contributed by atoms with Gasteiger partial charge >= 0.3 is 5.97 Å². The van der Waals surface area contributed by atoms with Crippen molar-refractivity contribution in [2.75, 3.05) is 7.11 Å². The summed E-state index contributed by atoms with van der Waals surface area (Å²) in [5, 5.41) is 0. The predicted octanol–water partition coefficient (Wildman–Crippen LogP) is 3.69. The van der Waals surface area contributed by atoms with E-state index in [2.05, 4.69) is 4.74 Å². The van der Waals surface area contributed by atoms with Gasteiger partial charge in [-0.05, 0) is 42.2 Å². The number of carbonyl (C=O) groups excluding carboxylic acids is 2. The topological polar surface area (TPSA) is 43.4 Å². The molecule has 0 bridgehead atoms. The van der Waals surface area contributed by atoms with E-state index in [-0.39, 0.29) is 11.8 Å². The van der Waals surface area contributed by atoms with Crippen molar-refractivity contribution in [1.29, 1.82) is 0 Å². The van der Waals surface area contributed by atoms with Crippen molar-refractivity contribution in [3.05, 3.63) is 76.4 Å². The number of rotatable bonds is 2. The molecule has 3 rings (SSSR count). The van der Waals surface area contributed by atoms with Crippen molar-refractivity contribution in [3.63, 3.8) is 0 Å². The third-order valence-electron chi connectivity index (χ3n) is 3.89. The van der Waals surface area contributed by atoms with Crippen molar-refractivity contribution in [1.82, 2.24) is 0 Å². The molecular weight excluding hydrogens is 276 g/mol. The number of hydrogen-bond acceptors (Lipinski definition) is 3. The smallest absolute Gasteiger partial charge is 0.337 e. The summed E-state index contributed by atoms with van der Waals surface area (Å²) < 4.78 is 4.67. The number of aryl methyl sites for hydroxylation is 1. The second-order valence-corrected chi connectivity index (χ2v) is 5.27. The second-order valence-electron chi connectivity index (χ2n) is 5.27. The molecule has 0 heterocycles. The highest BCUT2D eigenvalue weighted by atomic mass is 16.5. The molecule has 0 radical (unpaired) electrons. The molecule has 1 aliphatic carbocycles. The van der Waals surface area contributed by atoms with Crippen LogP contribution in [0.25, 0.3) is 6.08 Å². The number of methoxy groups -OCH3 is 1. The third kappa shape index (κ3) is 2.70. The lowest BCUT2D eigenvalue weighted by atomic mass is 9.86. The van der Waals surface area contributed by atoms with E-state index in [9.17, 15) is 9.59 Å². The van der Waals surface area contributed by atoms with E-state index in [0.717, 1.165) is 35.1 Å². The lowest BCUT2D eigenvalue weighted by Gasteiger charge is -2.17. The Balaban J connectivity index is 1.87. The van der Waals surface area contributed by atoms with Gasteiger partial charge in [0.1, 0.15) is 0 Å². The van der Waals surface area contributed by atoms with Crippen LogP contribution in [0.4, 0.5) is 0 Å². The van der Waals surface area contributed by atoms with Gasteiger partial charge in [-0.25, -0.2) is 4.79 Å². The van der Waals surface area contributed by atoms with Crippen LogP contribution in [0.2, 0.25) is 0 Å². The fraction of sp³-hybridized carbons (Fsp3) is 0.158. The van der Waals surface area contributed by atoms with Crippen molar-refractivity contribution >= 4 is 17.8 Å². The minimum absolute atomic E-state index is 0.0962. The summed E-state index contributed by atoms with van der Waals surface area (Å²) in [6, 6.07) is 14.8. The first-order valence-corrected chi connectivity index (χ1v) is 7.20. The number of esters is 1. The molecule has 2 aromatic rings. The van der Waals surface area contributed by atoms with E-state index in [1.54, 1.807) is 12.1 Å². The molecule has 0 fully saturated rings. The van der Waals surface area contributed by atoms with Crippen LogP contribution >= 0.6 is 0 Å². The quantitative estimate of drug-likeness (QED) is 0.626. The van der Waals surface area contributed by atoms with Gasteiger partial charge in [-0.2, -0.15) is 0 Å². The Kier molecular flexibility index (Phi) is 3.88. The second kappa shape index (κ2) is 5.98. The normalized spacial score (nSPS) is 15.5. The molecule has 0 aliphatic heterocycles. The fourth-order valence-corrected chi connectivity index (χ4v) is 2.69. The van der Waals surface area contributed by atoms with Crippen molar-refractivity contribution < 1.29 is 14.3 Å². The van der Waals surface area contributed by atoms with Crippen LogP contribution in [0, 0.1) is 0 Å². The van der Waals surface area contributed by atoms with Gasteiger partial charge in [0.05, 0.1) is 12.7 Å². The standard InChI is InChI=1S/C19H16O3/c1-22-19(21)15-8-6-13(7-9-15)12-16-11-10-14-4-2-3-5-17(14)18(16)20/h2-9,12H,10-11H2,1H3/b16-12+. The highest BCUT2D eigenvalue weighted by Crippen LogP contribution is 2.26. The maximum absolute atomic E-state index is 12.5. The van der Waals surface area contributed by atoms with Crippen molar-refractivity contribution in [2.45, 2.75) is 12.8 Å². The van der Waals surface area contributed by atoms with Crippen molar-refractivity contribution in [3.8, 4) is 0 Å². The highest BCUT2D eigenvalue weighted by Gasteiger charge is 2.21. The summed E-state index contributed by atoms with van der Waals surface area (Å²) in [6.45, 7) is 0. The van der Waals surface area contributed by atoms with E-state index in [1.165, 1.54) is 7.11 Å². The van der Waals surface area contributed by atoms with Crippen LogP contribution < -0.4 is 0 Å². The van der Waals surface area contributed by atoms with Crippen LogP contribution in [-0.4, -0.2) is 18.9 Å². The number of Topliss-reactive ketones (excluding diaryl/α,β-unsaturated/α-hetero) is 1. The van der Waals surface area contributed by atoms with Gasteiger partial charge in [0, 0.05) is 11.1 Å². The van der Waals surface area contributed by atoms with E-state index in [0.29, 0.717) is 5.56 Å². The Labute approximate surface area is 129 Å². The number of ether oxygens (including phenoxy) is 1. The van der Waals surface area contributed by atoms with Crippen LogP contribution in [0.5, 0.6) is 0 Å². The van der Waals surface area contributed by atoms with Crippen molar-refractivity contribution in [2.24, 2.45) is 0 Å². The summed E-state index contributed by atoms with van der Waals surface area (Å²) in [7, 11) is 1.36. The molecule has 0 aromatic heterocycles. The first-order valence-electron chi connectivity index (χ1n) is 7.20. The van der Waals surface area contributed by atoms with Crippen LogP contribution in [0.3, 0.4) is 0 Å². The lowest BCUT2D eigenvalue weighted by molar-refractivity contribution is 0.0600. The number of fused-ring (bicyclic) bond motifs is 1. The molecule has 22 heavy (non-hydrogen) atoms. The zero-order valence-electron chi connectivity index (χ0n) is 12.3. The molecule has 0 atom stereocenters. The minimum Gasteiger partial charge on any atom is -0.465 e. The number of hydrogen-bond donors (Lipinski definition) is 0. The lowest BCUT2D eigenvalue weighted by Crippen LogP contribution is -2.13. The molecule has 0 saturated heterocycles. The fourth-order valence-electron chi connectivity index (χ4n) is 2.69. The molecule has 2 aromatic carbocycles. The Morgan fingerprint density at radius 3 is 2.50 bits per heavy atom. The summed E-state index contributed by atoms with van der Waals surface area (Å²) in [5.41, 5.74) is 4.14. The zero-order valence-corrected chi connectivity index (χ0v) is 12.3.